The zero-order valence-corrected chi connectivity index (χ0v) is 21.2. The number of rotatable bonds is 4. The third-order valence-corrected chi connectivity index (χ3v) is 5.36. The van der Waals surface area contributed by atoms with E-state index in [1.165, 1.54) is 0 Å². The first-order valence-electron chi connectivity index (χ1n) is 11.6. The summed E-state index contributed by atoms with van der Waals surface area (Å²) in [5.74, 6) is 0. The van der Waals surface area contributed by atoms with Gasteiger partial charge in [-0.05, 0) is 61.5 Å². The Labute approximate surface area is 229 Å². The molecule has 0 radical (unpaired) electrons. The van der Waals surface area contributed by atoms with Crippen LogP contribution in [0.2, 0.25) is 0 Å². The first kappa shape index (κ1) is 25.8. The van der Waals surface area contributed by atoms with E-state index in [0.717, 1.165) is 22.8 Å². The summed E-state index contributed by atoms with van der Waals surface area (Å²) in [6.45, 7) is 4.04. The van der Waals surface area contributed by atoms with E-state index in [-0.39, 0.29) is 17.1 Å². The van der Waals surface area contributed by atoms with Crippen molar-refractivity contribution in [1.82, 2.24) is 9.80 Å². The van der Waals surface area contributed by atoms with E-state index in [9.17, 15) is 0 Å². The Hall–Kier alpha value is -4.32. The van der Waals surface area contributed by atoms with Crippen molar-refractivity contribution in [1.29, 1.82) is 0 Å². The van der Waals surface area contributed by atoms with Crippen molar-refractivity contribution >= 4 is 11.4 Å². The average molecular weight is 526 g/mol. The normalized spacial score (nSPS) is 19.1. The summed E-state index contributed by atoms with van der Waals surface area (Å²) < 4.78 is 0. The Bertz CT molecular complexity index is 1160. The summed E-state index contributed by atoms with van der Waals surface area (Å²) in [5, 5.41) is 8.54. The van der Waals surface area contributed by atoms with Crippen LogP contribution in [0.4, 0.5) is 11.4 Å². The third-order valence-electron chi connectivity index (χ3n) is 5.36. The summed E-state index contributed by atoms with van der Waals surface area (Å²) in [7, 11) is 0. The fourth-order valence-corrected chi connectivity index (χ4v) is 3.61. The number of hydrogen-bond acceptors (Lipinski definition) is 4. The summed E-state index contributed by atoms with van der Waals surface area (Å²) in [4.78, 5) is 8.13. The van der Waals surface area contributed by atoms with Gasteiger partial charge in [0.1, 0.15) is 0 Å². The van der Waals surface area contributed by atoms with Gasteiger partial charge in [0, 0.05) is 11.4 Å². The molecule has 0 saturated heterocycles. The molecule has 0 bridgehead atoms. The van der Waals surface area contributed by atoms with Crippen molar-refractivity contribution in [3.63, 3.8) is 0 Å². The fraction of sp³-hybridized carbons (Fsp3) is 0. The first-order valence-corrected chi connectivity index (χ1v) is 11.6. The van der Waals surface area contributed by atoms with E-state index in [0.29, 0.717) is 0 Å². The molecule has 0 unspecified atom stereocenters. The predicted molar refractivity (Wildman–Crippen MR) is 148 cm³/mol. The van der Waals surface area contributed by atoms with Crippen LogP contribution in [-0.2, 0) is 17.1 Å². The predicted octanol–water partition coefficient (Wildman–Crippen LogP) is 7.39. The van der Waals surface area contributed by atoms with Gasteiger partial charge in [-0.15, -0.1) is 24.7 Å². The molecule has 6 nitrogen and oxygen atoms in total. The summed E-state index contributed by atoms with van der Waals surface area (Å²) in [6, 6.07) is 20.4. The number of benzene rings is 2. The van der Waals surface area contributed by atoms with Crippen molar-refractivity contribution in [2.24, 2.45) is 0 Å². The van der Waals surface area contributed by atoms with Crippen LogP contribution >= 0.6 is 0 Å². The van der Waals surface area contributed by atoms with Crippen molar-refractivity contribution in [3.05, 3.63) is 182 Å². The van der Waals surface area contributed by atoms with Crippen LogP contribution in [0, 0.1) is 13.3 Å². The maximum absolute atomic E-state index is 4.27. The zero-order valence-electron chi connectivity index (χ0n) is 20.0. The van der Waals surface area contributed by atoms with Gasteiger partial charge < -0.3 is 30.2 Å². The maximum atomic E-state index is 4.27. The molecule has 0 atom stereocenters. The van der Waals surface area contributed by atoms with Gasteiger partial charge in [0.05, 0.1) is 0 Å². The largest absolute Gasteiger partial charge is 4.00 e. The number of allylic oxidation sites excluding steroid dienone is 6. The molecular formula is C30H26FeN6. The van der Waals surface area contributed by atoms with E-state index in [4.69, 9.17) is 0 Å². The number of nitrogens with zero attached hydrogens (tertiary/aromatic N) is 6. The van der Waals surface area contributed by atoms with Gasteiger partial charge in [-0.3, -0.25) is 0 Å². The standard InChI is InChI=1S/2C15H13N3.Fe/c2*1-2-7-15(8-3-1)18-11-10-17(13-18)12-14-6-4-5-9-16-14;/h2*1-13H;/q2*-2;+4/b2*14-12-;. The Morgan fingerprint density at radius 2 is 0.973 bits per heavy atom. The minimum Gasteiger partial charge on any atom is -0.663 e. The van der Waals surface area contributed by atoms with Crippen LogP contribution in [0.5, 0.6) is 0 Å². The van der Waals surface area contributed by atoms with Gasteiger partial charge >= 0.3 is 17.1 Å². The topological polar surface area (TPSA) is 41.2 Å². The SMILES string of the molecule is C1=C[N-]/C(=C\N2C=CN(c3ccccc3)[CH-]2)C=C1.C1=C[N-]/C(=C\N2C=CN(c3ccccc3)[CH-]2)C=C1.[Fe+4]. The van der Waals surface area contributed by atoms with Gasteiger partial charge in [-0.2, -0.15) is 12.4 Å². The van der Waals surface area contributed by atoms with Crippen LogP contribution in [0.15, 0.2) is 158 Å². The van der Waals surface area contributed by atoms with Gasteiger partial charge in [0.2, 0.25) is 0 Å². The number of hydrogen-bond donors (Lipinski definition) is 0. The molecule has 184 valence electrons. The number of anilines is 2. The molecule has 6 rings (SSSR count). The summed E-state index contributed by atoms with van der Waals surface area (Å²) in [5.41, 5.74) is 4.16. The molecule has 0 spiro atoms. The van der Waals surface area contributed by atoms with Gasteiger partial charge in [-0.1, -0.05) is 72.9 Å². The second-order valence-electron chi connectivity index (χ2n) is 7.97. The quantitative estimate of drug-likeness (QED) is 0.308. The van der Waals surface area contributed by atoms with Crippen molar-refractivity contribution < 1.29 is 17.1 Å². The van der Waals surface area contributed by atoms with E-state index in [2.05, 4.69) is 44.7 Å². The molecule has 0 aliphatic carbocycles. The number of para-hydroxylation sites is 2. The van der Waals surface area contributed by atoms with Crippen LogP contribution < -0.4 is 9.80 Å². The fourth-order valence-electron chi connectivity index (χ4n) is 3.61. The Balaban J connectivity index is 0.000000168. The van der Waals surface area contributed by atoms with Crippen LogP contribution in [0.25, 0.3) is 10.6 Å². The molecule has 0 saturated carbocycles. The molecule has 2 aromatic carbocycles. The zero-order chi connectivity index (χ0) is 24.4. The first-order chi connectivity index (χ1) is 17.8. The van der Waals surface area contributed by atoms with Crippen molar-refractivity contribution in [3.8, 4) is 0 Å². The second-order valence-corrected chi connectivity index (χ2v) is 7.97. The molecule has 7 heteroatoms. The van der Waals surface area contributed by atoms with Crippen LogP contribution in [-0.4, -0.2) is 9.80 Å². The molecule has 0 aromatic heterocycles. The molecule has 4 aliphatic heterocycles. The van der Waals surface area contributed by atoms with Gasteiger partial charge in [-0.25, -0.2) is 0 Å². The van der Waals surface area contributed by atoms with Gasteiger partial charge in [0.15, 0.2) is 0 Å². The van der Waals surface area contributed by atoms with E-state index < -0.39 is 0 Å². The van der Waals surface area contributed by atoms with E-state index in [1.54, 1.807) is 12.4 Å². The molecule has 4 heterocycles. The molecule has 0 N–H and O–H groups in total. The summed E-state index contributed by atoms with van der Waals surface area (Å²) in [6.07, 6.45) is 27.3. The van der Waals surface area contributed by atoms with Crippen molar-refractivity contribution in [2.75, 3.05) is 9.80 Å². The van der Waals surface area contributed by atoms with Crippen molar-refractivity contribution in [2.45, 2.75) is 0 Å². The Morgan fingerprint density at radius 3 is 1.35 bits per heavy atom. The average Bonchev–Trinajstić information content (AvgIpc) is 3.61. The minimum absolute atomic E-state index is 0. The third kappa shape index (κ3) is 7.34. The second kappa shape index (κ2) is 13.1. The Kier molecular flexibility index (Phi) is 9.13. The van der Waals surface area contributed by atoms with Crippen LogP contribution in [0.3, 0.4) is 0 Å². The smallest absolute Gasteiger partial charge is 0.663 e. The molecule has 0 amide bonds. The maximum Gasteiger partial charge on any atom is 4.00 e. The van der Waals surface area contributed by atoms with E-state index >= 15 is 0 Å². The molecule has 4 aliphatic rings. The summed E-state index contributed by atoms with van der Waals surface area (Å²) >= 11 is 0. The monoisotopic (exact) mass is 526 g/mol. The minimum atomic E-state index is 0. The molecule has 0 fully saturated rings. The van der Waals surface area contributed by atoms with Crippen LogP contribution in [0.1, 0.15) is 0 Å². The molecule has 37 heavy (non-hydrogen) atoms. The molecule has 2 aromatic rings. The Morgan fingerprint density at radius 1 is 0.541 bits per heavy atom. The molecular weight excluding hydrogens is 500 g/mol. The van der Waals surface area contributed by atoms with E-state index in [1.807, 2.05) is 133 Å². The van der Waals surface area contributed by atoms with Gasteiger partial charge in [0.25, 0.3) is 0 Å².